The van der Waals surface area contributed by atoms with Crippen molar-refractivity contribution in [3.63, 3.8) is 0 Å². The molecule has 3 nitrogen and oxygen atoms in total. The molecule has 0 aliphatic carbocycles. The van der Waals surface area contributed by atoms with Crippen molar-refractivity contribution in [3.8, 4) is 17.6 Å². The van der Waals surface area contributed by atoms with E-state index in [0.717, 1.165) is 20.4 Å². The molecule has 0 aromatic heterocycles. The average Bonchev–Trinajstić information content (AvgIpc) is 2.46. The number of halogens is 2. The van der Waals surface area contributed by atoms with Crippen LogP contribution in [-0.2, 0) is 0 Å². The molecule has 0 unspecified atom stereocenters. The van der Waals surface area contributed by atoms with Gasteiger partial charge in [0.2, 0.25) is 0 Å². The lowest BCUT2D eigenvalue weighted by Gasteiger charge is -2.10. The van der Waals surface area contributed by atoms with Gasteiger partial charge in [0.25, 0.3) is 0 Å². The lowest BCUT2D eigenvalue weighted by atomic mass is 10.2. The van der Waals surface area contributed by atoms with E-state index in [-0.39, 0.29) is 0 Å². The zero-order valence-corrected chi connectivity index (χ0v) is 13.6. The number of hydrogen-bond acceptors (Lipinski definition) is 3. The largest absolute Gasteiger partial charge is 0.490 e. The molecule has 2 aromatic carbocycles. The van der Waals surface area contributed by atoms with Crippen molar-refractivity contribution in [2.45, 2.75) is 0 Å². The minimum absolute atomic E-state index is 0.439. The predicted molar refractivity (Wildman–Crippen MR) is 84.0 cm³/mol. The van der Waals surface area contributed by atoms with Crippen molar-refractivity contribution in [1.29, 1.82) is 5.26 Å². The van der Waals surface area contributed by atoms with Gasteiger partial charge in [-0.1, -0.05) is 15.9 Å². The molecular formula is C15H11Br2NO2. The first kappa shape index (κ1) is 14.9. The molecule has 0 saturated heterocycles. The molecule has 0 fully saturated rings. The Balaban J connectivity index is 1.80. The summed E-state index contributed by atoms with van der Waals surface area (Å²) in [7, 11) is 0. The maximum atomic E-state index is 8.70. The van der Waals surface area contributed by atoms with Crippen molar-refractivity contribution >= 4 is 31.9 Å². The van der Waals surface area contributed by atoms with Crippen molar-refractivity contribution in [3.05, 3.63) is 57.0 Å². The highest BCUT2D eigenvalue weighted by Crippen LogP contribution is 2.28. The Morgan fingerprint density at radius 2 is 1.65 bits per heavy atom. The number of rotatable bonds is 5. The molecule has 0 bridgehead atoms. The summed E-state index contributed by atoms with van der Waals surface area (Å²) in [6.07, 6.45) is 0. The minimum Gasteiger partial charge on any atom is -0.490 e. The van der Waals surface area contributed by atoms with Crippen LogP contribution in [0.15, 0.2) is 51.4 Å². The van der Waals surface area contributed by atoms with E-state index in [2.05, 4.69) is 37.9 Å². The highest BCUT2D eigenvalue weighted by Gasteiger charge is 2.01. The van der Waals surface area contributed by atoms with Gasteiger partial charge in [-0.25, -0.2) is 0 Å². The molecule has 2 rings (SSSR count). The first-order valence-corrected chi connectivity index (χ1v) is 7.48. The number of hydrogen-bond donors (Lipinski definition) is 0. The SMILES string of the molecule is N#Cc1ccc(OCCOc2ccc(Br)cc2Br)cc1. The molecule has 0 spiro atoms. The molecule has 0 heterocycles. The van der Waals surface area contributed by atoms with Crippen LogP contribution < -0.4 is 9.47 Å². The van der Waals surface area contributed by atoms with Gasteiger partial charge in [-0.05, 0) is 58.4 Å². The normalized spacial score (nSPS) is 9.85. The molecule has 20 heavy (non-hydrogen) atoms. The Bertz CT molecular complexity index is 621. The van der Waals surface area contributed by atoms with E-state index in [0.29, 0.717) is 18.8 Å². The van der Waals surface area contributed by atoms with Gasteiger partial charge in [0, 0.05) is 4.47 Å². The van der Waals surface area contributed by atoms with Gasteiger partial charge in [-0.3, -0.25) is 0 Å². The van der Waals surface area contributed by atoms with Crippen molar-refractivity contribution in [1.82, 2.24) is 0 Å². The Morgan fingerprint density at radius 1 is 0.950 bits per heavy atom. The van der Waals surface area contributed by atoms with Crippen LogP contribution in [0.3, 0.4) is 0 Å². The van der Waals surface area contributed by atoms with Crippen LogP contribution in [0.2, 0.25) is 0 Å². The van der Waals surface area contributed by atoms with E-state index in [1.54, 1.807) is 24.3 Å². The highest BCUT2D eigenvalue weighted by atomic mass is 79.9. The first-order valence-electron chi connectivity index (χ1n) is 5.90. The van der Waals surface area contributed by atoms with Gasteiger partial charge in [0.1, 0.15) is 24.7 Å². The summed E-state index contributed by atoms with van der Waals surface area (Å²) in [5, 5.41) is 8.70. The number of ether oxygens (including phenoxy) is 2. The molecular weight excluding hydrogens is 386 g/mol. The standard InChI is InChI=1S/C15H11Br2NO2/c16-12-3-6-15(14(17)9-12)20-8-7-19-13-4-1-11(10-18)2-5-13/h1-6,9H,7-8H2. The summed E-state index contributed by atoms with van der Waals surface area (Å²) >= 11 is 6.82. The predicted octanol–water partition coefficient (Wildman–Crippen LogP) is 4.54. The minimum atomic E-state index is 0.439. The van der Waals surface area contributed by atoms with Crippen LogP contribution >= 0.6 is 31.9 Å². The molecule has 0 amide bonds. The Morgan fingerprint density at radius 3 is 2.30 bits per heavy atom. The third-order valence-corrected chi connectivity index (χ3v) is 3.60. The van der Waals surface area contributed by atoms with Crippen LogP contribution in [0.4, 0.5) is 0 Å². The number of benzene rings is 2. The molecule has 0 radical (unpaired) electrons. The summed E-state index contributed by atoms with van der Waals surface area (Å²) in [5.41, 5.74) is 0.618. The lowest BCUT2D eigenvalue weighted by Crippen LogP contribution is -2.09. The van der Waals surface area contributed by atoms with E-state index in [9.17, 15) is 0 Å². The van der Waals surface area contributed by atoms with E-state index in [1.807, 2.05) is 18.2 Å². The fourth-order valence-electron chi connectivity index (χ4n) is 1.53. The van der Waals surface area contributed by atoms with Crippen LogP contribution in [0, 0.1) is 11.3 Å². The summed E-state index contributed by atoms with van der Waals surface area (Å²) in [5.74, 6) is 1.50. The van der Waals surface area contributed by atoms with Crippen molar-refractivity contribution < 1.29 is 9.47 Å². The molecule has 0 N–H and O–H groups in total. The molecule has 102 valence electrons. The van der Waals surface area contributed by atoms with Crippen LogP contribution in [0.5, 0.6) is 11.5 Å². The average molecular weight is 397 g/mol. The zero-order chi connectivity index (χ0) is 14.4. The molecule has 0 atom stereocenters. The fraction of sp³-hybridized carbons (Fsp3) is 0.133. The van der Waals surface area contributed by atoms with E-state index < -0.39 is 0 Å². The van der Waals surface area contributed by atoms with Crippen LogP contribution in [-0.4, -0.2) is 13.2 Å². The molecule has 0 aliphatic rings. The topological polar surface area (TPSA) is 42.2 Å². The van der Waals surface area contributed by atoms with E-state index in [4.69, 9.17) is 14.7 Å². The molecule has 0 aliphatic heterocycles. The molecule has 5 heteroatoms. The second-order valence-corrected chi connectivity index (χ2v) is 5.68. The number of nitrogens with zero attached hydrogens (tertiary/aromatic N) is 1. The lowest BCUT2D eigenvalue weighted by molar-refractivity contribution is 0.216. The highest BCUT2D eigenvalue weighted by molar-refractivity contribution is 9.11. The quantitative estimate of drug-likeness (QED) is 0.696. The van der Waals surface area contributed by atoms with Gasteiger partial charge < -0.3 is 9.47 Å². The summed E-state index contributed by atoms with van der Waals surface area (Å²) in [6.45, 7) is 0.884. The first-order chi connectivity index (χ1) is 9.69. The van der Waals surface area contributed by atoms with E-state index in [1.165, 1.54) is 0 Å². The van der Waals surface area contributed by atoms with Crippen molar-refractivity contribution in [2.24, 2.45) is 0 Å². The van der Waals surface area contributed by atoms with E-state index >= 15 is 0 Å². The fourth-order valence-corrected chi connectivity index (χ4v) is 2.69. The molecule has 0 saturated carbocycles. The summed E-state index contributed by atoms with van der Waals surface area (Å²) in [6, 6.07) is 14.8. The van der Waals surface area contributed by atoms with Gasteiger partial charge in [0.15, 0.2) is 0 Å². The Kier molecular flexibility index (Phi) is 5.45. The van der Waals surface area contributed by atoms with Gasteiger partial charge in [0.05, 0.1) is 16.1 Å². The zero-order valence-electron chi connectivity index (χ0n) is 10.5. The van der Waals surface area contributed by atoms with Crippen LogP contribution in [0.25, 0.3) is 0 Å². The molecule has 2 aromatic rings. The van der Waals surface area contributed by atoms with Gasteiger partial charge in [-0.2, -0.15) is 5.26 Å². The second-order valence-electron chi connectivity index (χ2n) is 3.91. The number of nitriles is 1. The summed E-state index contributed by atoms with van der Waals surface area (Å²) < 4.78 is 13.0. The van der Waals surface area contributed by atoms with Gasteiger partial charge in [-0.15, -0.1) is 0 Å². The monoisotopic (exact) mass is 395 g/mol. The van der Waals surface area contributed by atoms with Gasteiger partial charge >= 0.3 is 0 Å². The van der Waals surface area contributed by atoms with Crippen LogP contribution in [0.1, 0.15) is 5.56 Å². The smallest absolute Gasteiger partial charge is 0.133 e. The van der Waals surface area contributed by atoms with Crippen molar-refractivity contribution in [2.75, 3.05) is 13.2 Å². The Labute approximate surface area is 134 Å². The summed E-state index contributed by atoms with van der Waals surface area (Å²) in [4.78, 5) is 0. The second kappa shape index (κ2) is 7.32. The maximum absolute atomic E-state index is 8.70. The Hall–Kier alpha value is -1.51. The third kappa shape index (κ3) is 4.26. The third-order valence-electron chi connectivity index (χ3n) is 2.49. The maximum Gasteiger partial charge on any atom is 0.133 e.